The number of aromatic nitrogens is 2. The number of hydrogen-bond donors (Lipinski definition) is 2. The lowest BCUT2D eigenvalue weighted by molar-refractivity contribution is -0.164. The average Bonchev–Trinajstić information content (AvgIpc) is 3.12. The van der Waals surface area contributed by atoms with Gasteiger partial charge in [0.05, 0.1) is 11.6 Å². The van der Waals surface area contributed by atoms with Crippen LogP contribution in [0.4, 0.5) is 18.9 Å². The van der Waals surface area contributed by atoms with E-state index >= 15 is 0 Å². The van der Waals surface area contributed by atoms with Crippen LogP contribution in [0.5, 0.6) is 5.75 Å². The zero-order valence-electron chi connectivity index (χ0n) is 16.4. The van der Waals surface area contributed by atoms with Gasteiger partial charge >= 0.3 is 6.18 Å². The standard InChI is InChI=1S/C21H23F3N4O2/c1-28-18(8-10-26-28)16-13-15(6-7-19(16)30-11-9-25)27-20(29)12-14-4-2-3-5-17(14)21(22,23)24/h2-4,6-8,10,13,17H,5,9,11-12,25H2,1H3,(H,27,29). The van der Waals surface area contributed by atoms with Crippen molar-refractivity contribution in [3.8, 4) is 17.0 Å². The number of nitrogens with two attached hydrogens (primary N) is 1. The van der Waals surface area contributed by atoms with Crippen LogP contribution in [-0.2, 0) is 11.8 Å². The normalized spacial score (nSPS) is 16.3. The first kappa shape index (κ1) is 21.6. The van der Waals surface area contributed by atoms with Gasteiger partial charge in [0.2, 0.25) is 5.91 Å². The van der Waals surface area contributed by atoms with Crippen molar-refractivity contribution in [3.05, 3.63) is 54.3 Å². The van der Waals surface area contributed by atoms with Crippen molar-refractivity contribution in [2.45, 2.75) is 19.0 Å². The number of halogens is 3. The Morgan fingerprint density at radius 2 is 2.17 bits per heavy atom. The summed E-state index contributed by atoms with van der Waals surface area (Å²) in [5.41, 5.74) is 7.46. The fourth-order valence-electron chi connectivity index (χ4n) is 3.33. The number of rotatable bonds is 7. The van der Waals surface area contributed by atoms with E-state index in [9.17, 15) is 18.0 Å². The molecule has 3 N–H and O–H groups in total. The van der Waals surface area contributed by atoms with E-state index in [4.69, 9.17) is 10.5 Å². The molecule has 9 heteroatoms. The molecule has 30 heavy (non-hydrogen) atoms. The topological polar surface area (TPSA) is 82.2 Å². The average molecular weight is 420 g/mol. The van der Waals surface area contributed by atoms with E-state index < -0.39 is 18.0 Å². The van der Waals surface area contributed by atoms with Gasteiger partial charge in [-0.1, -0.05) is 18.2 Å². The molecular weight excluding hydrogens is 397 g/mol. The van der Waals surface area contributed by atoms with Crippen molar-refractivity contribution in [2.24, 2.45) is 18.7 Å². The van der Waals surface area contributed by atoms with E-state index in [1.807, 2.05) is 0 Å². The van der Waals surface area contributed by atoms with E-state index in [0.29, 0.717) is 30.2 Å². The second-order valence-corrected chi connectivity index (χ2v) is 6.91. The molecule has 1 unspecified atom stereocenters. The van der Waals surface area contributed by atoms with Gasteiger partial charge in [-0.3, -0.25) is 9.48 Å². The Morgan fingerprint density at radius 1 is 1.37 bits per heavy atom. The van der Waals surface area contributed by atoms with Gasteiger partial charge < -0.3 is 15.8 Å². The lowest BCUT2D eigenvalue weighted by Crippen LogP contribution is -2.27. The molecule has 1 heterocycles. The predicted molar refractivity (Wildman–Crippen MR) is 108 cm³/mol. The molecule has 1 aliphatic rings. The van der Waals surface area contributed by atoms with Gasteiger partial charge in [0.1, 0.15) is 12.4 Å². The number of benzene rings is 1. The molecule has 1 amide bonds. The Morgan fingerprint density at radius 3 is 2.83 bits per heavy atom. The van der Waals surface area contributed by atoms with Crippen LogP contribution < -0.4 is 15.8 Å². The fourth-order valence-corrected chi connectivity index (χ4v) is 3.33. The third-order valence-corrected chi connectivity index (χ3v) is 4.76. The molecule has 3 rings (SSSR count). The number of nitrogens with zero attached hydrogens (tertiary/aromatic N) is 2. The monoisotopic (exact) mass is 420 g/mol. The molecule has 1 aliphatic carbocycles. The Bertz CT molecular complexity index is 963. The molecule has 0 spiro atoms. The first-order chi connectivity index (χ1) is 14.3. The van der Waals surface area contributed by atoms with E-state index in [1.165, 1.54) is 12.2 Å². The van der Waals surface area contributed by atoms with Crippen molar-refractivity contribution < 1.29 is 22.7 Å². The molecule has 1 aromatic heterocycles. The van der Waals surface area contributed by atoms with Crippen LogP contribution in [0.15, 0.2) is 54.3 Å². The number of allylic oxidation sites excluding steroid dienone is 3. The number of ether oxygens (including phenoxy) is 1. The first-order valence-corrected chi connectivity index (χ1v) is 9.47. The van der Waals surface area contributed by atoms with Crippen molar-refractivity contribution in [2.75, 3.05) is 18.5 Å². The summed E-state index contributed by atoms with van der Waals surface area (Å²) in [6, 6.07) is 6.83. The maximum absolute atomic E-state index is 13.2. The highest BCUT2D eigenvalue weighted by Crippen LogP contribution is 2.38. The van der Waals surface area contributed by atoms with E-state index in [-0.39, 0.29) is 18.4 Å². The highest BCUT2D eigenvalue weighted by molar-refractivity contribution is 5.93. The molecule has 0 radical (unpaired) electrons. The SMILES string of the molecule is Cn1nccc1-c1cc(NC(=O)CC2=CC=CCC2C(F)(F)F)ccc1OCCN. The number of carbonyl (C=O) groups excluding carboxylic acids is 1. The third-order valence-electron chi connectivity index (χ3n) is 4.76. The molecule has 0 saturated heterocycles. The van der Waals surface area contributed by atoms with Crippen LogP contribution in [0.3, 0.4) is 0 Å². The molecule has 1 atom stereocenters. The summed E-state index contributed by atoms with van der Waals surface area (Å²) in [6.45, 7) is 0.657. The van der Waals surface area contributed by atoms with Crippen LogP contribution in [0.2, 0.25) is 0 Å². The summed E-state index contributed by atoms with van der Waals surface area (Å²) in [6.07, 6.45) is 1.14. The second-order valence-electron chi connectivity index (χ2n) is 6.91. The van der Waals surface area contributed by atoms with E-state index in [1.54, 1.807) is 48.3 Å². The number of alkyl halides is 3. The second kappa shape index (κ2) is 9.17. The summed E-state index contributed by atoms with van der Waals surface area (Å²) in [5, 5.41) is 6.83. The van der Waals surface area contributed by atoms with Gasteiger partial charge in [0.15, 0.2) is 0 Å². The van der Waals surface area contributed by atoms with Gasteiger partial charge in [-0.05, 0) is 36.3 Å². The van der Waals surface area contributed by atoms with Gasteiger partial charge in [-0.25, -0.2) is 0 Å². The number of aryl methyl sites for hydroxylation is 1. The molecule has 0 aliphatic heterocycles. The maximum atomic E-state index is 13.2. The molecule has 0 fully saturated rings. The van der Waals surface area contributed by atoms with E-state index in [2.05, 4.69) is 10.4 Å². The summed E-state index contributed by atoms with van der Waals surface area (Å²) < 4.78 is 47.0. The van der Waals surface area contributed by atoms with Crippen molar-refractivity contribution in [3.63, 3.8) is 0 Å². The molecule has 2 aromatic rings. The minimum atomic E-state index is -4.38. The van der Waals surface area contributed by atoms with Gasteiger partial charge in [-0.15, -0.1) is 0 Å². The predicted octanol–water partition coefficient (Wildman–Crippen LogP) is 3.82. The third kappa shape index (κ3) is 5.10. The van der Waals surface area contributed by atoms with Crippen LogP contribution in [0.25, 0.3) is 11.3 Å². The number of carbonyl (C=O) groups is 1. The van der Waals surface area contributed by atoms with Crippen molar-refractivity contribution in [1.29, 1.82) is 0 Å². The van der Waals surface area contributed by atoms with Crippen molar-refractivity contribution >= 4 is 11.6 Å². The Labute approximate surface area is 172 Å². The zero-order valence-corrected chi connectivity index (χ0v) is 16.4. The molecular formula is C21H23F3N4O2. The van der Waals surface area contributed by atoms with Crippen LogP contribution >= 0.6 is 0 Å². The summed E-state index contributed by atoms with van der Waals surface area (Å²) in [4.78, 5) is 12.5. The number of anilines is 1. The number of amides is 1. The minimum absolute atomic E-state index is 0.0530. The Balaban J connectivity index is 1.79. The lowest BCUT2D eigenvalue weighted by Gasteiger charge is -2.24. The van der Waals surface area contributed by atoms with Crippen molar-refractivity contribution in [1.82, 2.24) is 9.78 Å². The first-order valence-electron chi connectivity index (χ1n) is 9.47. The molecule has 1 aromatic carbocycles. The van der Waals surface area contributed by atoms with Gasteiger partial charge in [0, 0.05) is 37.5 Å². The number of hydrogen-bond acceptors (Lipinski definition) is 4. The summed E-state index contributed by atoms with van der Waals surface area (Å²) in [5.74, 6) is -1.58. The molecule has 0 saturated carbocycles. The molecule has 6 nitrogen and oxygen atoms in total. The Kier molecular flexibility index (Phi) is 6.61. The van der Waals surface area contributed by atoms with Crippen LogP contribution in [0, 0.1) is 5.92 Å². The number of nitrogens with one attached hydrogen (secondary N) is 1. The van der Waals surface area contributed by atoms with Gasteiger partial charge in [0.25, 0.3) is 0 Å². The van der Waals surface area contributed by atoms with Crippen LogP contribution in [-0.4, -0.2) is 35.0 Å². The molecule has 0 bridgehead atoms. The minimum Gasteiger partial charge on any atom is -0.492 e. The highest BCUT2D eigenvalue weighted by Gasteiger charge is 2.41. The summed E-state index contributed by atoms with van der Waals surface area (Å²) >= 11 is 0. The fraction of sp³-hybridized carbons (Fsp3) is 0.333. The molecule has 160 valence electrons. The lowest BCUT2D eigenvalue weighted by atomic mass is 9.88. The van der Waals surface area contributed by atoms with Gasteiger partial charge in [-0.2, -0.15) is 18.3 Å². The maximum Gasteiger partial charge on any atom is 0.395 e. The quantitative estimate of drug-likeness (QED) is 0.714. The smallest absolute Gasteiger partial charge is 0.395 e. The van der Waals surface area contributed by atoms with Crippen LogP contribution in [0.1, 0.15) is 12.8 Å². The highest BCUT2D eigenvalue weighted by atomic mass is 19.4. The zero-order chi connectivity index (χ0) is 21.7. The Hall–Kier alpha value is -3.07. The van der Waals surface area contributed by atoms with E-state index in [0.717, 1.165) is 5.69 Å². The largest absolute Gasteiger partial charge is 0.492 e. The summed E-state index contributed by atoms with van der Waals surface area (Å²) in [7, 11) is 1.77.